The second-order valence-electron chi connectivity index (χ2n) is 5.46. The van der Waals surface area contributed by atoms with Crippen molar-refractivity contribution >= 4 is 5.69 Å². The van der Waals surface area contributed by atoms with E-state index in [1.165, 1.54) is 17.7 Å². The Labute approximate surface area is 121 Å². The van der Waals surface area contributed by atoms with Crippen molar-refractivity contribution in [2.24, 2.45) is 0 Å². The summed E-state index contributed by atoms with van der Waals surface area (Å²) in [6.07, 6.45) is 2.35. The van der Waals surface area contributed by atoms with Gasteiger partial charge in [-0.1, -0.05) is 48.5 Å². The average Bonchev–Trinajstić information content (AvgIpc) is 2.98. The van der Waals surface area contributed by atoms with E-state index in [2.05, 4.69) is 70.9 Å². The Kier molecular flexibility index (Phi) is 4.34. The van der Waals surface area contributed by atoms with Crippen molar-refractivity contribution in [3.8, 4) is 0 Å². The van der Waals surface area contributed by atoms with Crippen molar-refractivity contribution in [2.45, 2.75) is 18.9 Å². The quantitative estimate of drug-likeness (QED) is 0.894. The summed E-state index contributed by atoms with van der Waals surface area (Å²) in [6, 6.07) is 22.0. The molecule has 0 aromatic heterocycles. The zero-order valence-corrected chi connectivity index (χ0v) is 11.8. The van der Waals surface area contributed by atoms with Gasteiger partial charge in [-0.3, -0.25) is 0 Å². The monoisotopic (exact) mass is 266 g/mol. The summed E-state index contributed by atoms with van der Waals surface area (Å²) in [4.78, 5) is 2.47. The van der Waals surface area contributed by atoms with E-state index in [1.54, 1.807) is 0 Å². The molecule has 2 aromatic carbocycles. The molecule has 0 amide bonds. The van der Waals surface area contributed by atoms with Crippen LogP contribution in [0.2, 0.25) is 0 Å². The summed E-state index contributed by atoms with van der Waals surface area (Å²) >= 11 is 0. The molecule has 1 atom stereocenters. The van der Waals surface area contributed by atoms with Gasteiger partial charge in [0, 0.05) is 24.8 Å². The fourth-order valence-electron chi connectivity index (χ4n) is 2.87. The molecule has 1 heterocycles. The van der Waals surface area contributed by atoms with Crippen LogP contribution in [0, 0.1) is 0 Å². The first-order chi connectivity index (χ1) is 9.92. The standard InChI is InChI=1S/C18H22N2/c1-3-7-16(8-4-1)11-13-19-17-12-14-20(15-17)18-9-5-2-6-10-18/h1-10,17,19H,11-15H2. The van der Waals surface area contributed by atoms with E-state index in [0.717, 1.165) is 26.1 Å². The van der Waals surface area contributed by atoms with Crippen LogP contribution >= 0.6 is 0 Å². The van der Waals surface area contributed by atoms with E-state index in [9.17, 15) is 0 Å². The number of hydrogen-bond acceptors (Lipinski definition) is 2. The third-order valence-corrected chi connectivity index (χ3v) is 4.00. The van der Waals surface area contributed by atoms with E-state index < -0.39 is 0 Å². The van der Waals surface area contributed by atoms with Crippen molar-refractivity contribution in [3.63, 3.8) is 0 Å². The van der Waals surface area contributed by atoms with Crippen molar-refractivity contribution in [1.29, 1.82) is 0 Å². The van der Waals surface area contributed by atoms with E-state index in [4.69, 9.17) is 0 Å². The Hall–Kier alpha value is -1.80. The molecule has 1 aliphatic rings. The van der Waals surface area contributed by atoms with Crippen LogP contribution in [-0.4, -0.2) is 25.7 Å². The van der Waals surface area contributed by atoms with Crippen molar-refractivity contribution in [2.75, 3.05) is 24.5 Å². The van der Waals surface area contributed by atoms with Gasteiger partial charge < -0.3 is 10.2 Å². The molecular weight excluding hydrogens is 244 g/mol. The van der Waals surface area contributed by atoms with Crippen LogP contribution in [0.25, 0.3) is 0 Å². The van der Waals surface area contributed by atoms with E-state index >= 15 is 0 Å². The summed E-state index contributed by atoms with van der Waals surface area (Å²) in [5.74, 6) is 0. The topological polar surface area (TPSA) is 15.3 Å². The number of anilines is 1. The molecule has 2 aromatic rings. The summed E-state index contributed by atoms with van der Waals surface area (Å²) in [6.45, 7) is 3.35. The maximum absolute atomic E-state index is 3.69. The van der Waals surface area contributed by atoms with Crippen LogP contribution in [0.3, 0.4) is 0 Å². The second kappa shape index (κ2) is 6.58. The lowest BCUT2D eigenvalue weighted by Gasteiger charge is -2.19. The van der Waals surface area contributed by atoms with Crippen LogP contribution in [0.15, 0.2) is 60.7 Å². The predicted molar refractivity (Wildman–Crippen MR) is 85.2 cm³/mol. The Morgan fingerprint density at radius 1 is 0.950 bits per heavy atom. The predicted octanol–water partition coefficient (Wildman–Crippen LogP) is 3.10. The molecule has 1 N–H and O–H groups in total. The number of rotatable bonds is 5. The first kappa shape index (κ1) is 13.2. The lowest BCUT2D eigenvalue weighted by molar-refractivity contribution is 0.554. The van der Waals surface area contributed by atoms with Crippen molar-refractivity contribution in [1.82, 2.24) is 5.32 Å². The van der Waals surface area contributed by atoms with Gasteiger partial charge in [0.2, 0.25) is 0 Å². The molecular formula is C18H22N2. The summed E-state index contributed by atoms with van der Waals surface area (Å²) in [5, 5.41) is 3.69. The average molecular weight is 266 g/mol. The molecule has 0 aliphatic carbocycles. The molecule has 20 heavy (non-hydrogen) atoms. The van der Waals surface area contributed by atoms with Gasteiger partial charge >= 0.3 is 0 Å². The SMILES string of the molecule is c1ccc(CCNC2CCN(c3ccccc3)C2)cc1. The fraction of sp³-hybridized carbons (Fsp3) is 0.333. The highest BCUT2D eigenvalue weighted by atomic mass is 15.2. The molecule has 1 aliphatic heterocycles. The minimum atomic E-state index is 0.624. The van der Waals surface area contributed by atoms with Crippen LogP contribution < -0.4 is 10.2 Å². The highest BCUT2D eigenvalue weighted by Gasteiger charge is 2.21. The first-order valence-electron chi connectivity index (χ1n) is 7.49. The molecule has 1 fully saturated rings. The minimum Gasteiger partial charge on any atom is -0.370 e. The number of nitrogens with one attached hydrogen (secondary N) is 1. The number of benzene rings is 2. The molecule has 0 bridgehead atoms. The molecule has 2 heteroatoms. The number of para-hydroxylation sites is 1. The molecule has 3 rings (SSSR count). The lowest BCUT2D eigenvalue weighted by atomic mass is 10.1. The normalized spacial score (nSPS) is 18.4. The molecule has 2 nitrogen and oxygen atoms in total. The summed E-state index contributed by atoms with van der Waals surface area (Å²) in [7, 11) is 0. The van der Waals surface area contributed by atoms with Gasteiger partial charge in [-0.25, -0.2) is 0 Å². The molecule has 0 saturated carbocycles. The van der Waals surface area contributed by atoms with E-state index in [0.29, 0.717) is 6.04 Å². The van der Waals surface area contributed by atoms with Gasteiger partial charge in [-0.2, -0.15) is 0 Å². The van der Waals surface area contributed by atoms with Gasteiger partial charge in [-0.15, -0.1) is 0 Å². The largest absolute Gasteiger partial charge is 0.370 e. The zero-order valence-electron chi connectivity index (χ0n) is 11.8. The van der Waals surface area contributed by atoms with Crippen LogP contribution in [0.1, 0.15) is 12.0 Å². The van der Waals surface area contributed by atoms with Crippen LogP contribution in [0.5, 0.6) is 0 Å². The van der Waals surface area contributed by atoms with Crippen LogP contribution in [0.4, 0.5) is 5.69 Å². The summed E-state index contributed by atoms with van der Waals surface area (Å²) in [5.41, 5.74) is 2.76. The number of hydrogen-bond donors (Lipinski definition) is 1. The van der Waals surface area contributed by atoms with E-state index in [1.807, 2.05) is 0 Å². The van der Waals surface area contributed by atoms with Gasteiger partial charge in [-0.05, 0) is 37.1 Å². The zero-order chi connectivity index (χ0) is 13.6. The van der Waals surface area contributed by atoms with Gasteiger partial charge in [0.25, 0.3) is 0 Å². The van der Waals surface area contributed by atoms with Crippen LogP contribution in [-0.2, 0) is 6.42 Å². The van der Waals surface area contributed by atoms with Crippen molar-refractivity contribution in [3.05, 3.63) is 66.2 Å². The number of nitrogens with zero attached hydrogens (tertiary/aromatic N) is 1. The Bertz CT molecular complexity index is 509. The Morgan fingerprint density at radius 2 is 1.65 bits per heavy atom. The summed E-state index contributed by atoms with van der Waals surface area (Å²) < 4.78 is 0. The maximum atomic E-state index is 3.69. The highest BCUT2D eigenvalue weighted by Crippen LogP contribution is 2.19. The lowest BCUT2D eigenvalue weighted by Crippen LogP contribution is -2.33. The molecule has 0 spiro atoms. The van der Waals surface area contributed by atoms with Crippen molar-refractivity contribution < 1.29 is 0 Å². The van der Waals surface area contributed by atoms with E-state index in [-0.39, 0.29) is 0 Å². The minimum absolute atomic E-state index is 0.624. The fourth-order valence-corrected chi connectivity index (χ4v) is 2.87. The molecule has 1 unspecified atom stereocenters. The molecule has 104 valence electrons. The van der Waals surface area contributed by atoms with Gasteiger partial charge in [0.1, 0.15) is 0 Å². The Balaban J connectivity index is 1.44. The second-order valence-corrected chi connectivity index (χ2v) is 5.46. The maximum Gasteiger partial charge on any atom is 0.0366 e. The molecule has 1 saturated heterocycles. The highest BCUT2D eigenvalue weighted by molar-refractivity contribution is 5.47. The van der Waals surface area contributed by atoms with Gasteiger partial charge in [0.15, 0.2) is 0 Å². The third-order valence-electron chi connectivity index (χ3n) is 4.00. The van der Waals surface area contributed by atoms with Gasteiger partial charge in [0.05, 0.1) is 0 Å². The smallest absolute Gasteiger partial charge is 0.0366 e. The first-order valence-corrected chi connectivity index (χ1v) is 7.49. The Morgan fingerprint density at radius 3 is 2.40 bits per heavy atom. The molecule has 0 radical (unpaired) electrons. The third kappa shape index (κ3) is 3.40.